The van der Waals surface area contributed by atoms with E-state index in [1.165, 1.54) is 21.8 Å². The molecule has 0 spiro atoms. The molecule has 5 aromatic carbocycles. The van der Waals surface area contributed by atoms with Gasteiger partial charge in [0.15, 0.2) is 5.82 Å². The Hall–Kier alpha value is -6.92. The maximum atomic E-state index is 5.24. The highest BCUT2D eigenvalue weighted by Crippen LogP contribution is 2.40. The molecule has 50 heavy (non-hydrogen) atoms. The zero-order valence-electron chi connectivity index (χ0n) is 26.8. The maximum Gasteiger partial charge on any atom is 0.179 e. The van der Waals surface area contributed by atoms with Crippen LogP contribution < -0.4 is 0 Å². The largest absolute Gasteiger partial charge is 0.309 e. The molecule has 0 N–H and O–H groups in total. The maximum absolute atomic E-state index is 5.24. The number of benzene rings is 5. The standard InChI is InChI=1S/C44H28N6/c1-3-13-31(14-4-1)49-38-20-8-7-17-33(38)34-27-29(21-23-39(34)49)30-22-24-40-35(28-30)41-43(50(40)32-15-5-2-6-16-32)42(36-18-9-11-25-45-36)48-44(47-41)37-19-10-12-26-46-37/h1-28H. The van der Waals surface area contributed by atoms with Crippen LogP contribution in [0.3, 0.4) is 0 Å². The molecule has 6 heteroatoms. The fraction of sp³-hybridized carbons (Fsp3) is 0. The summed E-state index contributed by atoms with van der Waals surface area (Å²) in [7, 11) is 0. The average Bonchev–Trinajstić information content (AvgIpc) is 3.71. The molecule has 6 nitrogen and oxygen atoms in total. The van der Waals surface area contributed by atoms with Gasteiger partial charge in [-0.1, -0.05) is 78.9 Å². The molecular weight excluding hydrogens is 613 g/mol. The molecule has 0 aliphatic carbocycles. The molecule has 0 bridgehead atoms. The molecule has 234 valence electrons. The highest BCUT2D eigenvalue weighted by Gasteiger charge is 2.22. The van der Waals surface area contributed by atoms with E-state index in [1.807, 2.05) is 48.7 Å². The molecule has 0 aliphatic heterocycles. The summed E-state index contributed by atoms with van der Waals surface area (Å²) in [5.41, 5.74) is 11.8. The molecule has 10 rings (SSSR count). The quantitative estimate of drug-likeness (QED) is 0.188. The van der Waals surface area contributed by atoms with Crippen molar-refractivity contribution in [2.24, 2.45) is 0 Å². The van der Waals surface area contributed by atoms with Gasteiger partial charge in [0.2, 0.25) is 0 Å². The van der Waals surface area contributed by atoms with Crippen molar-refractivity contribution in [3.8, 4) is 45.4 Å². The van der Waals surface area contributed by atoms with Crippen LogP contribution in [-0.2, 0) is 0 Å². The summed E-state index contributed by atoms with van der Waals surface area (Å²) >= 11 is 0. The van der Waals surface area contributed by atoms with E-state index in [-0.39, 0.29) is 0 Å². The van der Waals surface area contributed by atoms with E-state index in [0.717, 1.165) is 55.8 Å². The summed E-state index contributed by atoms with van der Waals surface area (Å²) in [6.45, 7) is 0. The van der Waals surface area contributed by atoms with Gasteiger partial charge in [-0.3, -0.25) is 9.97 Å². The molecule has 0 amide bonds. The lowest BCUT2D eigenvalue weighted by Crippen LogP contribution is -2.01. The Balaban J connectivity index is 1.26. The topological polar surface area (TPSA) is 61.4 Å². The van der Waals surface area contributed by atoms with E-state index in [1.54, 1.807) is 6.20 Å². The molecule has 5 aromatic heterocycles. The van der Waals surface area contributed by atoms with Gasteiger partial charge in [-0.25, -0.2) is 9.97 Å². The first-order valence-corrected chi connectivity index (χ1v) is 16.7. The van der Waals surface area contributed by atoms with Gasteiger partial charge in [0.25, 0.3) is 0 Å². The fourth-order valence-corrected chi connectivity index (χ4v) is 7.22. The summed E-state index contributed by atoms with van der Waals surface area (Å²) in [5, 5.41) is 3.47. The molecular formula is C44H28N6. The summed E-state index contributed by atoms with van der Waals surface area (Å²) < 4.78 is 4.61. The molecule has 0 saturated heterocycles. The zero-order chi connectivity index (χ0) is 33.0. The number of nitrogens with zero attached hydrogens (tertiary/aromatic N) is 6. The molecule has 5 heterocycles. The summed E-state index contributed by atoms with van der Waals surface area (Å²) in [4.78, 5) is 19.8. The third-order valence-corrected chi connectivity index (χ3v) is 9.44. The van der Waals surface area contributed by atoms with Crippen molar-refractivity contribution in [1.82, 2.24) is 29.1 Å². The zero-order valence-corrected chi connectivity index (χ0v) is 26.8. The Labute approximate surface area is 287 Å². The van der Waals surface area contributed by atoms with Gasteiger partial charge in [-0.15, -0.1) is 0 Å². The number of hydrogen-bond donors (Lipinski definition) is 0. The van der Waals surface area contributed by atoms with Crippen molar-refractivity contribution in [2.75, 3.05) is 0 Å². The Kier molecular flexibility index (Phi) is 6.39. The number of para-hydroxylation sites is 3. The third kappa shape index (κ3) is 4.43. The van der Waals surface area contributed by atoms with Crippen LogP contribution in [0.5, 0.6) is 0 Å². The van der Waals surface area contributed by atoms with E-state index in [4.69, 9.17) is 15.0 Å². The summed E-state index contributed by atoms with van der Waals surface area (Å²) in [6.07, 6.45) is 3.59. The van der Waals surface area contributed by atoms with Crippen LogP contribution in [0.1, 0.15) is 0 Å². The predicted octanol–water partition coefficient (Wildman–Crippen LogP) is 10.5. The number of hydrogen-bond acceptors (Lipinski definition) is 4. The van der Waals surface area contributed by atoms with Crippen molar-refractivity contribution >= 4 is 43.7 Å². The second-order valence-electron chi connectivity index (χ2n) is 12.3. The number of fused-ring (bicyclic) bond motifs is 6. The smallest absolute Gasteiger partial charge is 0.179 e. The lowest BCUT2D eigenvalue weighted by Gasteiger charge is -2.11. The second-order valence-corrected chi connectivity index (χ2v) is 12.3. The minimum absolute atomic E-state index is 0.561. The fourth-order valence-electron chi connectivity index (χ4n) is 7.22. The van der Waals surface area contributed by atoms with Gasteiger partial charge >= 0.3 is 0 Å². The molecule has 0 unspecified atom stereocenters. The summed E-state index contributed by atoms with van der Waals surface area (Å²) in [5.74, 6) is 0.561. The molecule has 0 atom stereocenters. The Morgan fingerprint density at radius 1 is 0.400 bits per heavy atom. The van der Waals surface area contributed by atoms with Gasteiger partial charge in [-0.05, 0) is 90.0 Å². The van der Waals surface area contributed by atoms with E-state index in [0.29, 0.717) is 11.5 Å². The van der Waals surface area contributed by atoms with Crippen LogP contribution in [-0.4, -0.2) is 29.1 Å². The van der Waals surface area contributed by atoms with E-state index >= 15 is 0 Å². The normalized spacial score (nSPS) is 11.6. The van der Waals surface area contributed by atoms with Crippen LogP contribution in [0.2, 0.25) is 0 Å². The van der Waals surface area contributed by atoms with E-state index in [2.05, 4.69) is 129 Å². The Morgan fingerprint density at radius 2 is 0.960 bits per heavy atom. The SMILES string of the molecule is c1ccc(-n2c3ccccc3c3cc(-c4ccc5c(c4)c4nc(-c6ccccn6)nc(-c6ccccn6)c4n5-c4ccccc4)ccc32)cc1. The monoisotopic (exact) mass is 640 g/mol. The minimum Gasteiger partial charge on any atom is -0.309 e. The van der Waals surface area contributed by atoms with Gasteiger partial charge in [-0.2, -0.15) is 0 Å². The van der Waals surface area contributed by atoms with E-state index < -0.39 is 0 Å². The highest BCUT2D eigenvalue weighted by molar-refractivity contribution is 6.13. The predicted molar refractivity (Wildman–Crippen MR) is 203 cm³/mol. The van der Waals surface area contributed by atoms with Gasteiger partial charge in [0.1, 0.15) is 22.4 Å². The molecule has 10 aromatic rings. The lowest BCUT2D eigenvalue weighted by atomic mass is 10.0. The van der Waals surface area contributed by atoms with Crippen LogP contribution >= 0.6 is 0 Å². The number of aromatic nitrogens is 6. The van der Waals surface area contributed by atoms with Gasteiger partial charge < -0.3 is 9.13 Å². The third-order valence-electron chi connectivity index (χ3n) is 9.44. The van der Waals surface area contributed by atoms with Crippen LogP contribution in [0.4, 0.5) is 0 Å². The highest BCUT2D eigenvalue weighted by atomic mass is 15.1. The minimum atomic E-state index is 0.561. The van der Waals surface area contributed by atoms with Gasteiger partial charge in [0.05, 0.1) is 22.2 Å². The Morgan fingerprint density at radius 3 is 1.64 bits per heavy atom. The number of rotatable bonds is 5. The van der Waals surface area contributed by atoms with Crippen molar-refractivity contribution in [1.29, 1.82) is 0 Å². The molecule has 0 aliphatic rings. The summed E-state index contributed by atoms with van der Waals surface area (Å²) in [6, 6.07) is 54.8. The van der Waals surface area contributed by atoms with Crippen LogP contribution in [0, 0.1) is 0 Å². The first-order valence-electron chi connectivity index (χ1n) is 16.7. The molecule has 0 radical (unpaired) electrons. The second kappa shape index (κ2) is 11.4. The van der Waals surface area contributed by atoms with Gasteiger partial charge in [0, 0.05) is 39.9 Å². The lowest BCUT2D eigenvalue weighted by molar-refractivity contribution is 1.12. The molecule has 0 saturated carbocycles. The average molecular weight is 641 g/mol. The van der Waals surface area contributed by atoms with Crippen molar-refractivity contribution in [3.05, 3.63) is 170 Å². The van der Waals surface area contributed by atoms with E-state index in [9.17, 15) is 0 Å². The van der Waals surface area contributed by atoms with Crippen LogP contribution in [0.25, 0.3) is 89.2 Å². The Bertz CT molecular complexity index is 2840. The van der Waals surface area contributed by atoms with Crippen molar-refractivity contribution in [2.45, 2.75) is 0 Å². The van der Waals surface area contributed by atoms with Crippen molar-refractivity contribution < 1.29 is 0 Å². The molecule has 0 fully saturated rings. The van der Waals surface area contributed by atoms with Crippen molar-refractivity contribution in [3.63, 3.8) is 0 Å². The number of pyridine rings is 2. The first kappa shape index (κ1) is 28.1. The first-order chi connectivity index (χ1) is 24.8. The van der Waals surface area contributed by atoms with Crippen LogP contribution in [0.15, 0.2) is 170 Å².